The molecule has 1 aromatic heterocycles. The minimum absolute atomic E-state index is 0. The van der Waals surface area contributed by atoms with Crippen molar-refractivity contribution < 1.29 is 19.1 Å². The van der Waals surface area contributed by atoms with Gasteiger partial charge in [0.2, 0.25) is 0 Å². The second kappa shape index (κ2) is 7.66. The molecule has 0 radical (unpaired) electrons. The number of ether oxygens (including phenoxy) is 2. The van der Waals surface area contributed by atoms with Gasteiger partial charge < -0.3 is 14.8 Å². The van der Waals surface area contributed by atoms with Crippen LogP contribution in [0.3, 0.4) is 0 Å². The van der Waals surface area contributed by atoms with E-state index in [1.807, 2.05) is 12.1 Å². The van der Waals surface area contributed by atoms with E-state index in [0.29, 0.717) is 29.0 Å². The van der Waals surface area contributed by atoms with Crippen LogP contribution in [0.2, 0.25) is 0 Å². The first-order valence-electron chi connectivity index (χ1n) is 8.72. The molecule has 0 bridgehead atoms. The van der Waals surface area contributed by atoms with Crippen LogP contribution in [0.15, 0.2) is 36.5 Å². The van der Waals surface area contributed by atoms with Crippen LogP contribution < -0.4 is 10.1 Å². The maximum Gasteiger partial charge on any atom is 0.337 e. The second-order valence-corrected chi connectivity index (χ2v) is 6.77. The molecule has 2 aliphatic heterocycles. The van der Waals surface area contributed by atoms with E-state index in [0.717, 1.165) is 31.5 Å². The van der Waals surface area contributed by atoms with Crippen molar-refractivity contribution in [3.8, 4) is 17.0 Å². The molecule has 0 amide bonds. The normalized spacial score (nSPS) is 17.4. The van der Waals surface area contributed by atoms with Crippen molar-refractivity contribution in [2.24, 2.45) is 0 Å². The van der Waals surface area contributed by atoms with Gasteiger partial charge in [-0.05, 0) is 43.4 Å². The molecule has 142 valence electrons. The number of carbonyl (C=O) groups is 2. The number of Topliss-reactive ketones (excluding diaryl/α,β-unsaturated/α-hetero) is 1. The van der Waals surface area contributed by atoms with Crippen molar-refractivity contribution in [3.05, 3.63) is 47.7 Å². The zero-order valence-corrected chi connectivity index (χ0v) is 15.8. The summed E-state index contributed by atoms with van der Waals surface area (Å²) in [6, 6.07) is 8.77. The van der Waals surface area contributed by atoms with Crippen LogP contribution in [0.25, 0.3) is 11.3 Å². The van der Waals surface area contributed by atoms with Crippen LogP contribution in [0, 0.1) is 0 Å². The fourth-order valence-corrected chi connectivity index (χ4v) is 3.65. The molecule has 0 atom stereocenters. The van der Waals surface area contributed by atoms with Gasteiger partial charge in [-0.15, -0.1) is 12.4 Å². The van der Waals surface area contributed by atoms with E-state index in [1.54, 1.807) is 24.4 Å². The average Bonchev–Trinajstić information content (AvgIpc) is 2.68. The molecule has 1 fully saturated rings. The van der Waals surface area contributed by atoms with Gasteiger partial charge >= 0.3 is 5.97 Å². The number of hydrogen-bond donors (Lipinski definition) is 1. The number of pyridine rings is 1. The zero-order chi connectivity index (χ0) is 18.1. The molecule has 1 N–H and O–H groups in total. The third kappa shape index (κ3) is 3.68. The number of rotatable bonds is 2. The monoisotopic (exact) mass is 388 g/mol. The number of carbonyl (C=O) groups excluding carboxylic acids is 2. The van der Waals surface area contributed by atoms with Crippen molar-refractivity contribution in [1.29, 1.82) is 0 Å². The highest BCUT2D eigenvalue weighted by Gasteiger charge is 2.41. The molecular weight excluding hydrogens is 368 g/mol. The van der Waals surface area contributed by atoms with Gasteiger partial charge in [-0.25, -0.2) is 4.79 Å². The lowest BCUT2D eigenvalue weighted by Crippen LogP contribution is -2.49. The van der Waals surface area contributed by atoms with Gasteiger partial charge in [0, 0.05) is 24.6 Å². The smallest absolute Gasteiger partial charge is 0.337 e. The molecule has 1 aromatic carbocycles. The van der Waals surface area contributed by atoms with Crippen molar-refractivity contribution in [1.82, 2.24) is 10.3 Å². The fraction of sp³-hybridized carbons (Fsp3) is 0.350. The molecule has 27 heavy (non-hydrogen) atoms. The van der Waals surface area contributed by atoms with Gasteiger partial charge in [-0.3, -0.25) is 9.78 Å². The number of hydrogen-bond acceptors (Lipinski definition) is 6. The van der Waals surface area contributed by atoms with E-state index >= 15 is 0 Å². The van der Waals surface area contributed by atoms with E-state index in [9.17, 15) is 9.59 Å². The quantitative estimate of drug-likeness (QED) is 0.797. The minimum Gasteiger partial charge on any atom is -0.486 e. The number of esters is 1. The molecule has 2 aliphatic rings. The minimum atomic E-state index is -0.418. The number of halogens is 1. The van der Waals surface area contributed by atoms with Crippen LogP contribution in [-0.4, -0.2) is 42.5 Å². The van der Waals surface area contributed by atoms with Gasteiger partial charge in [0.25, 0.3) is 0 Å². The Kier molecular flexibility index (Phi) is 5.48. The van der Waals surface area contributed by atoms with Crippen molar-refractivity contribution in [2.45, 2.75) is 24.9 Å². The lowest BCUT2D eigenvalue weighted by molar-refractivity contribution is 0.0187. The van der Waals surface area contributed by atoms with E-state index in [-0.39, 0.29) is 23.8 Å². The molecule has 0 unspecified atom stereocenters. The molecule has 0 aliphatic carbocycles. The summed E-state index contributed by atoms with van der Waals surface area (Å²) < 4.78 is 11.0. The third-order valence-electron chi connectivity index (χ3n) is 5.08. The molecule has 0 saturated carbocycles. The highest BCUT2D eigenvalue weighted by atomic mass is 35.5. The number of nitrogens with zero attached hydrogens (tertiary/aromatic N) is 1. The lowest BCUT2D eigenvalue weighted by atomic mass is 9.82. The SMILES string of the molecule is COC(=O)c1ccnc(-c2ccc3c(c2)C(=O)CC2(CCNCC2)O3)c1.Cl. The largest absolute Gasteiger partial charge is 0.486 e. The Morgan fingerprint density at radius 2 is 2.00 bits per heavy atom. The van der Waals surface area contributed by atoms with Crippen molar-refractivity contribution in [2.75, 3.05) is 20.2 Å². The van der Waals surface area contributed by atoms with Crippen LogP contribution >= 0.6 is 12.4 Å². The predicted molar refractivity (Wildman–Crippen MR) is 103 cm³/mol. The van der Waals surface area contributed by atoms with Crippen LogP contribution in [0.4, 0.5) is 0 Å². The molecule has 4 rings (SSSR count). The highest BCUT2D eigenvalue weighted by Crippen LogP contribution is 2.39. The number of nitrogens with one attached hydrogen (secondary N) is 1. The molecule has 3 heterocycles. The lowest BCUT2D eigenvalue weighted by Gasteiger charge is -2.40. The summed E-state index contributed by atoms with van der Waals surface area (Å²) in [5, 5.41) is 3.31. The number of aromatic nitrogens is 1. The average molecular weight is 389 g/mol. The van der Waals surface area contributed by atoms with Crippen LogP contribution in [0.5, 0.6) is 5.75 Å². The van der Waals surface area contributed by atoms with E-state index < -0.39 is 5.97 Å². The van der Waals surface area contributed by atoms with Gasteiger partial charge in [-0.1, -0.05) is 0 Å². The predicted octanol–water partition coefficient (Wildman–Crippen LogP) is 3.04. The van der Waals surface area contributed by atoms with E-state index in [1.165, 1.54) is 7.11 Å². The molecule has 1 saturated heterocycles. The number of piperidine rings is 1. The Morgan fingerprint density at radius 1 is 1.22 bits per heavy atom. The first-order valence-corrected chi connectivity index (χ1v) is 8.72. The summed E-state index contributed by atoms with van der Waals surface area (Å²) in [4.78, 5) is 28.8. The number of ketones is 1. The Bertz CT molecular complexity index is 878. The number of fused-ring (bicyclic) bond motifs is 1. The summed E-state index contributed by atoms with van der Waals surface area (Å²) in [6.45, 7) is 1.73. The third-order valence-corrected chi connectivity index (χ3v) is 5.08. The maximum atomic E-state index is 12.8. The van der Waals surface area contributed by atoms with E-state index in [2.05, 4.69) is 10.3 Å². The Morgan fingerprint density at radius 3 is 2.74 bits per heavy atom. The zero-order valence-electron chi connectivity index (χ0n) is 15.0. The van der Waals surface area contributed by atoms with Gasteiger partial charge in [0.05, 0.1) is 30.4 Å². The van der Waals surface area contributed by atoms with Gasteiger partial charge in [0.1, 0.15) is 11.4 Å². The summed E-state index contributed by atoms with van der Waals surface area (Å²) >= 11 is 0. The summed E-state index contributed by atoms with van der Waals surface area (Å²) in [6.07, 6.45) is 3.63. The molecule has 6 nitrogen and oxygen atoms in total. The molecule has 1 spiro atoms. The Balaban J connectivity index is 0.00000210. The van der Waals surface area contributed by atoms with Crippen LogP contribution in [-0.2, 0) is 4.74 Å². The van der Waals surface area contributed by atoms with Crippen molar-refractivity contribution in [3.63, 3.8) is 0 Å². The summed E-state index contributed by atoms with van der Waals surface area (Å²) in [5.74, 6) is 0.314. The first-order chi connectivity index (χ1) is 12.6. The Labute approximate surface area is 163 Å². The van der Waals surface area contributed by atoms with Crippen molar-refractivity contribution >= 4 is 24.2 Å². The van der Waals surface area contributed by atoms with Crippen LogP contribution in [0.1, 0.15) is 40.0 Å². The van der Waals surface area contributed by atoms with Gasteiger partial charge in [-0.2, -0.15) is 0 Å². The topological polar surface area (TPSA) is 77.5 Å². The van der Waals surface area contributed by atoms with Gasteiger partial charge in [0.15, 0.2) is 5.78 Å². The number of benzene rings is 1. The Hall–Kier alpha value is -2.44. The summed E-state index contributed by atoms with van der Waals surface area (Å²) in [5.41, 5.74) is 2.02. The molecule has 2 aromatic rings. The van der Waals surface area contributed by atoms with E-state index in [4.69, 9.17) is 9.47 Å². The fourth-order valence-electron chi connectivity index (χ4n) is 3.65. The second-order valence-electron chi connectivity index (χ2n) is 6.77. The first kappa shape index (κ1) is 19.3. The number of methoxy groups -OCH3 is 1. The molecule has 7 heteroatoms. The standard InChI is InChI=1S/C20H20N2O4.ClH/c1-25-19(24)14-4-7-22-16(11-14)13-2-3-18-15(10-13)17(23)12-20(26-18)5-8-21-9-6-20;/h2-4,7,10-11,21H,5-6,8-9,12H2,1H3;1H. The maximum absolute atomic E-state index is 12.8. The highest BCUT2D eigenvalue weighted by molar-refractivity contribution is 6.01. The summed E-state index contributed by atoms with van der Waals surface area (Å²) in [7, 11) is 1.34. The molecular formula is C20H21ClN2O4.